The number of fused-ring (bicyclic) bond motifs is 2. The Labute approximate surface area is 354 Å². The lowest BCUT2D eigenvalue weighted by Crippen LogP contribution is -2.61. The van der Waals surface area contributed by atoms with Crippen molar-refractivity contribution in [1.82, 2.24) is 20.7 Å². The Bertz CT molecular complexity index is 1910. The fourth-order valence-corrected chi connectivity index (χ4v) is 14.8. The molecular weight excluding hydrogens is 851 g/mol. The molecule has 1 saturated heterocycles. The summed E-state index contributed by atoms with van der Waals surface area (Å²) in [5.41, 5.74) is 7.95. The van der Waals surface area contributed by atoms with Gasteiger partial charge >= 0.3 is 12.1 Å². The average molecular weight is 917 g/mol. The third kappa shape index (κ3) is 10.4. The molecule has 0 spiro atoms. The quantitative estimate of drug-likeness (QED) is 0.0673. The Hall–Kier alpha value is -3.14. The number of nitrogens with zero attached hydrogens (tertiary/aromatic N) is 1. The van der Waals surface area contributed by atoms with Gasteiger partial charge in [-0.1, -0.05) is 67.5 Å². The Balaban J connectivity index is 1.61. The van der Waals surface area contributed by atoms with Crippen LogP contribution in [0.5, 0.6) is 5.75 Å². The van der Waals surface area contributed by atoms with Crippen LogP contribution in [-0.2, 0) is 31.9 Å². The molecular formula is C44H65IN4O7Si. The van der Waals surface area contributed by atoms with Crippen LogP contribution in [0, 0.1) is 21.0 Å². The van der Waals surface area contributed by atoms with E-state index < -0.39 is 32.1 Å². The number of benzene rings is 2. The molecule has 314 valence electrons. The van der Waals surface area contributed by atoms with Gasteiger partial charge in [-0.05, 0) is 144 Å². The molecule has 5 rings (SSSR count). The van der Waals surface area contributed by atoms with Gasteiger partial charge in [-0.3, -0.25) is 14.6 Å². The van der Waals surface area contributed by atoms with Crippen LogP contribution in [0.15, 0.2) is 36.4 Å². The number of aromatic amines is 1. The average Bonchev–Trinajstić information content (AvgIpc) is 3.84. The molecule has 57 heavy (non-hydrogen) atoms. The number of alkyl carbamates (subject to hydrolysis) is 1. The van der Waals surface area contributed by atoms with E-state index in [2.05, 4.69) is 124 Å². The summed E-state index contributed by atoms with van der Waals surface area (Å²) in [6.45, 7) is 25.5. The van der Waals surface area contributed by atoms with Crippen LogP contribution in [0.1, 0.15) is 101 Å². The molecule has 1 aromatic heterocycles. The standard InChI is InChI=1S/C44H65IN4O7Si/c1-13-54-41(52)38-33-21-31(33)23-49(48-38)40(51)37(47-42(53)55-43(8,9)10)18-28-16-30(19-32(17-28)56-57(25(2)3,26(4)5)27(6)7)29-14-15-36-34(20-29)35(39(45)46-36)22-44(11,12)24-50/h14-17,19-20,25-27,31,33,37-38,46,48,50H,13,18,21-24H2,1-12H3,(H,47,53)/t31?,33?,37-,38-/m0/s1. The Kier molecular flexibility index (Phi) is 13.9. The van der Waals surface area contributed by atoms with Crippen molar-refractivity contribution >= 4 is 59.8 Å². The molecule has 2 aliphatic rings. The van der Waals surface area contributed by atoms with E-state index in [0.717, 1.165) is 49.0 Å². The number of esters is 1. The summed E-state index contributed by atoms with van der Waals surface area (Å²) >= 11 is 2.34. The van der Waals surface area contributed by atoms with E-state index in [0.29, 0.717) is 29.6 Å². The van der Waals surface area contributed by atoms with Crippen molar-refractivity contribution in [1.29, 1.82) is 0 Å². The fourth-order valence-electron chi connectivity index (χ4n) is 8.79. The first kappa shape index (κ1) is 45.0. The lowest BCUT2D eigenvalue weighted by molar-refractivity contribution is -0.152. The van der Waals surface area contributed by atoms with Gasteiger partial charge in [0.2, 0.25) is 0 Å². The van der Waals surface area contributed by atoms with E-state index in [1.165, 1.54) is 5.01 Å². The Morgan fingerprint density at radius 1 is 0.982 bits per heavy atom. The van der Waals surface area contributed by atoms with Crippen molar-refractivity contribution in [2.24, 2.45) is 17.3 Å². The van der Waals surface area contributed by atoms with E-state index in [1.807, 2.05) is 6.07 Å². The molecule has 2 fully saturated rings. The molecule has 4 N–H and O–H groups in total. The third-order valence-electron chi connectivity index (χ3n) is 11.6. The molecule has 0 bridgehead atoms. The van der Waals surface area contributed by atoms with Crippen molar-refractivity contribution in [3.63, 3.8) is 0 Å². The van der Waals surface area contributed by atoms with Crippen LogP contribution < -0.4 is 15.2 Å². The summed E-state index contributed by atoms with van der Waals surface area (Å²) in [6.07, 6.45) is 0.977. The smallest absolute Gasteiger partial charge is 0.408 e. The minimum atomic E-state index is -2.41. The number of carbonyl (C=O) groups is 3. The largest absolute Gasteiger partial charge is 0.543 e. The van der Waals surface area contributed by atoms with Gasteiger partial charge < -0.3 is 29.3 Å². The van der Waals surface area contributed by atoms with Gasteiger partial charge in [-0.25, -0.2) is 10.2 Å². The summed E-state index contributed by atoms with van der Waals surface area (Å²) in [6, 6.07) is 10.9. The van der Waals surface area contributed by atoms with E-state index >= 15 is 0 Å². The number of carbonyl (C=O) groups excluding carboxylic acids is 3. The van der Waals surface area contributed by atoms with Gasteiger partial charge in [-0.2, -0.15) is 0 Å². The van der Waals surface area contributed by atoms with Crippen molar-refractivity contribution < 1.29 is 33.4 Å². The number of halogens is 1. The topological polar surface area (TPSA) is 142 Å². The van der Waals surface area contributed by atoms with E-state index in [9.17, 15) is 19.5 Å². The van der Waals surface area contributed by atoms with Gasteiger partial charge in [0.25, 0.3) is 14.2 Å². The maximum Gasteiger partial charge on any atom is 0.408 e. The van der Waals surface area contributed by atoms with Gasteiger partial charge in [0, 0.05) is 30.5 Å². The molecule has 11 nitrogen and oxygen atoms in total. The fraction of sp³-hybridized carbons (Fsp3) is 0.614. The second kappa shape index (κ2) is 17.6. The number of aromatic nitrogens is 1. The molecule has 2 aromatic carbocycles. The molecule has 2 amide bonds. The molecule has 1 aliphatic heterocycles. The lowest BCUT2D eigenvalue weighted by atomic mass is 9.86. The van der Waals surface area contributed by atoms with E-state index in [4.69, 9.17) is 13.9 Å². The van der Waals surface area contributed by atoms with Crippen LogP contribution in [-0.4, -0.2) is 78.8 Å². The van der Waals surface area contributed by atoms with E-state index in [-0.39, 0.29) is 48.8 Å². The molecule has 1 saturated carbocycles. The van der Waals surface area contributed by atoms with Gasteiger partial charge in [0.05, 0.1) is 10.3 Å². The van der Waals surface area contributed by atoms with Crippen LogP contribution in [0.4, 0.5) is 4.79 Å². The minimum Gasteiger partial charge on any atom is -0.543 e. The highest BCUT2D eigenvalue weighted by Gasteiger charge is 2.53. The summed E-state index contributed by atoms with van der Waals surface area (Å²) in [5, 5.41) is 15.6. The minimum absolute atomic E-state index is 0.0697. The van der Waals surface area contributed by atoms with Gasteiger partial charge in [-0.15, -0.1) is 0 Å². The number of hydrogen-bond donors (Lipinski definition) is 4. The normalized spacial score (nSPS) is 19.2. The van der Waals surface area contributed by atoms with Crippen molar-refractivity contribution in [2.45, 2.75) is 137 Å². The monoisotopic (exact) mass is 916 g/mol. The number of aliphatic hydroxyl groups is 1. The number of hydrazine groups is 1. The predicted octanol–water partition coefficient (Wildman–Crippen LogP) is 8.91. The molecule has 2 unspecified atom stereocenters. The first-order chi connectivity index (χ1) is 26.6. The molecule has 4 atom stereocenters. The Morgan fingerprint density at radius 2 is 1.65 bits per heavy atom. The number of H-pyrrole nitrogens is 1. The summed E-state index contributed by atoms with van der Waals surface area (Å²) in [5.74, 6) is 0.293. The lowest BCUT2D eigenvalue weighted by Gasteiger charge is -2.42. The van der Waals surface area contributed by atoms with Crippen molar-refractivity contribution in [3.8, 4) is 16.9 Å². The summed E-state index contributed by atoms with van der Waals surface area (Å²) in [7, 11) is -2.41. The van der Waals surface area contributed by atoms with Crippen LogP contribution in [0.25, 0.3) is 22.0 Å². The zero-order valence-corrected chi connectivity index (χ0v) is 39.1. The first-order valence-corrected chi connectivity index (χ1v) is 23.8. The molecule has 2 heterocycles. The highest BCUT2D eigenvalue weighted by Crippen LogP contribution is 2.46. The number of hydrogen-bond acceptors (Lipinski definition) is 8. The van der Waals surface area contributed by atoms with E-state index in [1.54, 1.807) is 27.7 Å². The highest BCUT2D eigenvalue weighted by atomic mass is 127. The SMILES string of the molecule is CCOC(=O)[C@H]1NN(C(=O)[C@H](Cc2cc(O[Si](C(C)C)(C(C)C)C(C)C)cc(-c3ccc4[nH]c(I)c(CC(C)(C)CO)c4c3)c2)NC(=O)OC(C)(C)C)CC2CC21. The molecule has 0 radical (unpaired) electrons. The molecule has 3 aromatic rings. The van der Waals surface area contributed by atoms with Gasteiger partial charge in [0.15, 0.2) is 0 Å². The molecule has 13 heteroatoms. The van der Waals surface area contributed by atoms with Crippen LogP contribution >= 0.6 is 22.6 Å². The zero-order chi connectivity index (χ0) is 42.2. The maximum absolute atomic E-state index is 14.6. The summed E-state index contributed by atoms with van der Waals surface area (Å²) < 4.78 is 19.4. The number of rotatable bonds is 15. The highest BCUT2D eigenvalue weighted by molar-refractivity contribution is 14.1. The number of nitrogens with one attached hydrogen (secondary N) is 3. The van der Waals surface area contributed by atoms with Crippen LogP contribution in [0.3, 0.4) is 0 Å². The second-order valence-corrected chi connectivity index (χ2v) is 25.3. The van der Waals surface area contributed by atoms with Crippen molar-refractivity contribution in [2.75, 3.05) is 19.8 Å². The van der Waals surface area contributed by atoms with Crippen molar-refractivity contribution in [3.05, 3.63) is 51.2 Å². The number of ether oxygens (including phenoxy) is 2. The maximum atomic E-state index is 14.6. The summed E-state index contributed by atoms with van der Waals surface area (Å²) in [4.78, 5) is 44.4. The van der Waals surface area contributed by atoms with Gasteiger partial charge in [0.1, 0.15) is 23.4 Å². The first-order valence-electron chi connectivity index (χ1n) is 20.6. The Morgan fingerprint density at radius 3 is 2.25 bits per heavy atom. The number of aliphatic hydroxyl groups excluding tert-OH is 1. The number of amides is 2. The second-order valence-electron chi connectivity index (χ2n) is 18.8. The third-order valence-corrected chi connectivity index (χ3v) is 18.5. The zero-order valence-electron chi connectivity index (χ0n) is 36.0. The van der Waals surface area contributed by atoms with Crippen LogP contribution in [0.2, 0.25) is 16.6 Å². The predicted molar refractivity (Wildman–Crippen MR) is 236 cm³/mol. The molecule has 1 aliphatic carbocycles.